The molecule has 0 aliphatic heterocycles. The zero-order chi connectivity index (χ0) is 12.4. The van der Waals surface area contributed by atoms with Gasteiger partial charge in [0.15, 0.2) is 5.82 Å². The number of rotatable bonds is 2. The summed E-state index contributed by atoms with van der Waals surface area (Å²) in [5.74, 6) is 0.103. The van der Waals surface area contributed by atoms with Crippen LogP contribution in [0.15, 0.2) is 29.1 Å². The van der Waals surface area contributed by atoms with Crippen molar-refractivity contribution in [2.75, 3.05) is 5.32 Å². The Bertz CT molecular complexity index is 552. The van der Waals surface area contributed by atoms with Crippen molar-refractivity contribution in [3.63, 3.8) is 0 Å². The average Bonchev–Trinajstić information content (AvgIpc) is 2.61. The zero-order valence-electron chi connectivity index (χ0n) is 8.82. The summed E-state index contributed by atoms with van der Waals surface area (Å²) < 4.78 is 2.55. The first-order chi connectivity index (χ1) is 8.06. The van der Waals surface area contributed by atoms with Gasteiger partial charge < -0.3 is 9.88 Å². The summed E-state index contributed by atoms with van der Waals surface area (Å²) in [5, 5.41) is 2.91. The quantitative estimate of drug-likeness (QED) is 0.926. The van der Waals surface area contributed by atoms with E-state index in [1.165, 1.54) is 12.4 Å². The number of hydrogen-bond donors (Lipinski definition) is 1. The molecule has 0 spiro atoms. The highest BCUT2D eigenvalue weighted by Crippen LogP contribution is 2.15. The molecule has 5 nitrogen and oxygen atoms in total. The van der Waals surface area contributed by atoms with E-state index in [0.717, 1.165) is 4.47 Å². The fourth-order valence-electron chi connectivity index (χ4n) is 1.31. The Labute approximate surface area is 111 Å². The lowest BCUT2D eigenvalue weighted by atomic mass is 10.4. The Morgan fingerprint density at radius 1 is 1.47 bits per heavy atom. The Kier molecular flexibility index (Phi) is 3.44. The second-order valence-electron chi connectivity index (χ2n) is 3.33. The molecule has 0 radical (unpaired) electrons. The average molecular weight is 316 g/mol. The van der Waals surface area contributed by atoms with Gasteiger partial charge in [0.25, 0.3) is 5.91 Å². The van der Waals surface area contributed by atoms with Crippen molar-refractivity contribution in [2.45, 2.75) is 0 Å². The molecule has 0 atom stereocenters. The van der Waals surface area contributed by atoms with Crippen molar-refractivity contribution in [2.24, 2.45) is 7.05 Å². The van der Waals surface area contributed by atoms with E-state index in [2.05, 4.69) is 31.2 Å². The summed E-state index contributed by atoms with van der Waals surface area (Å²) in [7, 11) is 1.78. The van der Waals surface area contributed by atoms with E-state index in [1.807, 2.05) is 0 Å². The Morgan fingerprint density at radius 3 is 2.76 bits per heavy atom. The Hall–Kier alpha value is -1.40. The predicted molar refractivity (Wildman–Crippen MR) is 68.1 cm³/mol. The fourth-order valence-corrected chi connectivity index (χ4v) is 1.93. The molecule has 0 bridgehead atoms. The summed E-state index contributed by atoms with van der Waals surface area (Å²) in [5.41, 5.74) is 0.522. The third-order valence-corrected chi connectivity index (χ3v) is 2.69. The van der Waals surface area contributed by atoms with Crippen LogP contribution in [0.3, 0.4) is 0 Å². The number of carbonyl (C=O) groups excluding carboxylic acids is 1. The lowest BCUT2D eigenvalue weighted by molar-refractivity contribution is 0.101. The first kappa shape index (κ1) is 12.1. The lowest BCUT2D eigenvalue weighted by Crippen LogP contribution is -2.16. The van der Waals surface area contributed by atoms with Gasteiger partial charge in [0, 0.05) is 17.7 Å². The van der Waals surface area contributed by atoms with Gasteiger partial charge in [0.05, 0.1) is 12.4 Å². The second kappa shape index (κ2) is 4.85. The van der Waals surface area contributed by atoms with Crippen molar-refractivity contribution in [3.8, 4) is 0 Å². The smallest absolute Gasteiger partial charge is 0.273 e. The van der Waals surface area contributed by atoms with Crippen molar-refractivity contribution in [1.29, 1.82) is 0 Å². The molecule has 0 aliphatic rings. The number of aryl methyl sites for hydroxylation is 1. The van der Waals surface area contributed by atoms with Gasteiger partial charge in [0.2, 0.25) is 0 Å². The van der Waals surface area contributed by atoms with Crippen LogP contribution in [0, 0.1) is 0 Å². The standard InChI is InChI=1S/C10H8BrClN4O/c1-16-5-6(11)2-7(16)10(17)15-9-4-13-8(12)3-14-9/h2-5H,1H3,(H,14,15,17). The minimum atomic E-state index is -0.255. The maximum absolute atomic E-state index is 11.9. The molecule has 88 valence electrons. The molecule has 2 heterocycles. The van der Waals surface area contributed by atoms with Gasteiger partial charge in [-0.1, -0.05) is 11.6 Å². The number of anilines is 1. The molecule has 0 aliphatic carbocycles. The van der Waals surface area contributed by atoms with E-state index >= 15 is 0 Å². The van der Waals surface area contributed by atoms with Crippen LogP contribution in [0.1, 0.15) is 10.5 Å². The number of nitrogens with zero attached hydrogens (tertiary/aromatic N) is 3. The van der Waals surface area contributed by atoms with Crippen LogP contribution >= 0.6 is 27.5 Å². The number of nitrogens with one attached hydrogen (secondary N) is 1. The molecule has 2 rings (SSSR count). The van der Waals surface area contributed by atoms with Crippen molar-refractivity contribution < 1.29 is 4.79 Å². The van der Waals surface area contributed by atoms with Crippen LogP contribution in [-0.4, -0.2) is 20.4 Å². The SMILES string of the molecule is Cn1cc(Br)cc1C(=O)Nc1cnc(Cl)cn1. The van der Waals surface area contributed by atoms with Gasteiger partial charge in [-0.05, 0) is 22.0 Å². The van der Waals surface area contributed by atoms with E-state index in [9.17, 15) is 4.79 Å². The van der Waals surface area contributed by atoms with Gasteiger partial charge in [-0.25, -0.2) is 9.97 Å². The summed E-state index contributed by atoms with van der Waals surface area (Å²) in [6, 6.07) is 1.72. The number of amides is 1. The molecule has 1 N–H and O–H groups in total. The summed E-state index contributed by atoms with van der Waals surface area (Å²) >= 11 is 8.90. The third-order valence-electron chi connectivity index (χ3n) is 2.07. The highest BCUT2D eigenvalue weighted by Gasteiger charge is 2.11. The Morgan fingerprint density at radius 2 is 2.24 bits per heavy atom. The molecule has 0 unspecified atom stereocenters. The van der Waals surface area contributed by atoms with Crippen molar-refractivity contribution in [3.05, 3.63) is 40.0 Å². The molecule has 0 fully saturated rings. The minimum Gasteiger partial charge on any atom is -0.345 e. The topological polar surface area (TPSA) is 59.8 Å². The highest BCUT2D eigenvalue weighted by atomic mass is 79.9. The van der Waals surface area contributed by atoms with Gasteiger partial charge >= 0.3 is 0 Å². The first-order valence-corrected chi connectivity index (χ1v) is 5.84. The molecule has 0 saturated carbocycles. The predicted octanol–water partition coefficient (Wildman–Crippen LogP) is 2.48. The van der Waals surface area contributed by atoms with Crippen LogP contribution in [0.25, 0.3) is 0 Å². The summed E-state index contributed by atoms with van der Waals surface area (Å²) in [6.45, 7) is 0. The maximum atomic E-state index is 11.9. The number of carbonyl (C=O) groups is 1. The second-order valence-corrected chi connectivity index (χ2v) is 4.64. The molecule has 0 aromatic carbocycles. The maximum Gasteiger partial charge on any atom is 0.273 e. The van der Waals surface area contributed by atoms with Crippen LogP contribution in [0.2, 0.25) is 5.15 Å². The van der Waals surface area contributed by atoms with Crippen molar-refractivity contribution >= 4 is 39.3 Å². The summed E-state index contributed by atoms with van der Waals surface area (Å²) in [4.78, 5) is 19.6. The fraction of sp³-hybridized carbons (Fsp3) is 0.100. The van der Waals surface area contributed by atoms with E-state index < -0.39 is 0 Å². The molecule has 2 aromatic heterocycles. The lowest BCUT2D eigenvalue weighted by Gasteiger charge is -2.04. The van der Waals surface area contributed by atoms with Crippen LogP contribution in [-0.2, 0) is 7.05 Å². The van der Waals surface area contributed by atoms with Crippen molar-refractivity contribution in [1.82, 2.24) is 14.5 Å². The monoisotopic (exact) mass is 314 g/mol. The van der Waals surface area contributed by atoms with Gasteiger partial charge in [-0.15, -0.1) is 0 Å². The molecule has 0 saturated heterocycles. The minimum absolute atomic E-state index is 0.255. The van der Waals surface area contributed by atoms with E-state index in [4.69, 9.17) is 11.6 Å². The van der Waals surface area contributed by atoms with Crippen LogP contribution < -0.4 is 5.32 Å². The molecule has 1 amide bonds. The summed E-state index contributed by atoms with van der Waals surface area (Å²) in [6.07, 6.45) is 4.57. The normalized spacial score (nSPS) is 10.3. The van der Waals surface area contributed by atoms with Gasteiger partial charge in [-0.2, -0.15) is 0 Å². The third kappa shape index (κ3) is 2.83. The van der Waals surface area contributed by atoms with Gasteiger partial charge in [0.1, 0.15) is 10.8 Å². The van der Waals surface area contributed by atoms with Crippen LogP contribution in [0.5, 0.6) is 0 Å². The zero-order valence-corrected chi connectivity index (χ0v) is 11.2. The van der Waals surface area contributed by atoms with Crippen LogP contribution in [0.4, 0.5) is 5.82 Å². The first-order valence-electron chi connectivity index (χ1n) is 4.67. The number of hydrogen-bond acceptors (Lipinski definition) is 3. The molecule has 7 heteroatoms. The number of halogens is 2. The molecular formula is C10H8BrClN4O. The van der Waals surface area contributed by atoms with E-state index in [0.29, 0.717) is 11.5 Å². The largest absolute Gasteiger partial charge is 0.345 e. The highest BCUT2D eigenvalue weighted by molar-refractivity contribution is 9.10. The van der Waals surface area contributed by atoms with E-state index in [-0.39, 0.29) is 11.1 Å². The van der Waals surface area contributed by atoms with E-state index in [1.54, 1.807) is 23.9 Å². The van der Waals surface area contributed by atoms with Gasteiger partial charge in [-0.3, -0.25) is 4.79 Å². The Balaban J connectivity index is 2.17. The molecule has 2 aromatic rings. The number of aromatic nitrogens is 3. The molecule has 17 heavy (non-hydrogen) atoms. The molecular weight excluding hydrogens is 307 g/mol.